The third-order valence-corrected chi connectivity index (χ3v) is 4.40. The summed E-state index contributed by atoms with van der Waals surface area (Å²) in [7, 11) is 0. The Hall–Kier alpha value is -3.38. The van der Waals surface area contributed by atoms with Crippen LogP contribution in [0.5, 0.6) is 5.75 Å². The molecule has 0 aliphatic heterocycles. The largest absolute Gasteiger partial charge is 0.508 e. The van der Waals surface area contributed by atoms with E-state index in [9.17, 15) is 19.1 Å². The van der Waals surface area contributed by atoms with Crippen LogP contribution >= 0.6 is 11.6 Å². The maximum atomic E-state index is 13.8. The lowest BCUT2D eigenvalue weighted by Crippen LogP contribution is -2.30. The summed E-state index contributed by atoms with van der Waals surface area (Å²) in [6.07, 6.45) is -1.13. The van der Waals surface area contributed by atoms with Crippen molar-refractivity contribution in [3.8, 4) is 16.9 Å². The summed E-state index contributed by atoms with van der Waals surface area (Å²) < 4.78 is 18.9. The van der Waals surface area contributed by atoms with Crippen LogP contribution in [0.2, 0.25) is 5.02 Å². The van der Waals surface area contributed by atoms with Gasteiger partial charge in [-0.05, 0) is 60.5 Å². The fourth-order valence-corrected chi connectivity index (χ4v) is 2.72. The molecule has 0 radical (unpaired) electrons. The quantitative estimate of drug-likeness (QED) is 0.575. The van der Waals surface area contributed by atoms with E-state index in [1.54, 1.807) is 48.5 Å². The summed E-state index contributed by atoms with van der Waals surface area (Å²) in [5, 5.41) is 11.9. The van der Waals surface area contributed by atoms with E-state index in [4.69, 9.17) is 16.3 Å². The van der Waals surface area contributed by atoms with Crippen LogP contribution in [0.15, 0.2) is 66.7 Å². The minimum atomic E-state index is -1.13. The van der Waals surface area contributed by atoms with Crippen LogP contribution in [0.4, 0.5) is 10.1 Å². The summed E-state index contributed by atoms with van der Waals surface area (Å²) in [5.41, 5.74) is 1.94. The Morgan fingerprint density at radius 3 is 2.17 bits per heavy atom. The van der Waals surface area contributed by atoms with Gasteiger partial charge >= 0.3 is 5.97 Å². The van der Waals surface area contributed by atoms with Gasteiger partial charge in [0, 0.05) is 5.02 Å². The molecule has 0 spiro atoms. The van der Waals surface area contributed by atoms with Gasteiger partial charge in [-0.2, -0.15) is 0 Å². The fourth-order valence-electron chi connectivity index (χ4n) is 2.56. The molecule has 0 unspecified atom stereocenters. The molecule has 29 heavy (non-hydrogen) atoms. The van der Waals surface area contributed by atoms with Crippen molar-refractivity contribution in [1.82, 2.24) is 0 Å². The van der Waals surface area contributed by atoms with Gasteiger partial charge in [-0.3, -0.25) is 4.79 Å². The Balaban J connectivity index is 1.62. The van der Waals surface area contributed by atoms with E-state index < -0.39 is 23.8 Å². The van der Waals surface area contributed by atoms with Crippen LogP contribution in [-0.4, -0.2) is 23.1 Å². The predicted molar refractivity (Wildman–Crippen MR) is 108 cm³/mol. The molecule has 1 atom stereocenters. The average molecular weight is 414 g/mol. The van der Waals surface area contributed by atoms with Crippen molar-refractivity contribution in [1.29, 1.82) is 0 Å². The van der Waals surface area contributed by atoms with Gasteiger partial charge in [-0.15, -0.1) is 0 Å². The van der Waals surface area contributed by atoms with Crippen LogP contribution in [0, 0.1) is 5.82 Å². The zero-order valence-electron chi connectivity index (χ0n) is 15.4. The topological polar surface area (TPSA) is 75.6 Å². The second kappa shape index (κ2) is 8.75. The standard InChI is InChI=1S/C22H17ClFNO4/c1-13(21(27)25-20-11-8-17(23)12-19(20)24)29-22(28)16-4-2-14(3-5-16)15-6-9-18(26)10-7-15/h2-13,26H,1H3,(H,25,27)/t13-/m0/s1. The Morgan fingerprint density at radius 1 is 1.00 bits per heavy atom. The molecule has 0 bridgehead atoms. The molecule has 5 nitrogen and oxygen atoms in total. The zero-order valence-corrected chi connectivity index (χ0v) is 16.1. The Morgan fingerprint density at radius 2 is 1.59 bits per heavy atom. The first-order chi connectivity index (χ1) is 13.8. The van der Waals surface area contributed by atoms with Crippen molar-refractivity contribution >= 4 is 29.2 Å². The van der Waals surface area contributed by atoms with Gasteiger partial charge in [-0.1, -0.05) is 35.9 Å². The maximum absolute atomic E-state index is 13.8. The van der Waals surface area contributed by atoms with Crippen LogP contribution in [0.25, 0.3) is 11.1 Å². The minimum Gasteiger partial charge on any atom is -0.508 e. The number of ether oxygens (including phenoxy) is 1. The number of carbonyl (C=O) groups is 2. The summed E-state index contributed by atoms with van der Waals surface area (Å²) >= 11 is 5.68. The number of hydrogen-bond donors (Lipinski definition) is 2. The number of carbonyl (C=O) groups excluding carboxylic acids is 2. The highest BCUT2D eigenvalue weighted by Crippen LogP contribution is 2.23. The Kier molecular flexibility index (Phi) is 6.14. The smallest absolute Gasteiger partial charge is 0.338 e. The molecule has 0 aliphatic carbocycles. The third kappa shape index (κ3) is 5.12. The molecule has 3 aromatic rings. The highest BCUT2D eigenvalue weighted by Gasteiger charge is 2.20. The van der Waals surface area contributed by atoms with Crippen molar-refractivity contribution < 1.29 is 23.8 Å². The third-order valence-electron chi connectivity index (χ3n) is 4.16. The van der Waals surface area contributed by atoms with E-state index in [1.165, 1.54) is 19.1 Å². The zero-order chi connectivity index (χ0) is 21.0. The highest BCUT2D eigenvalue weighted by molar-refractivity contribution is 6.30. The van der Waals surface area contributed by atoms with Gasteiger partial charge < -0.3 is 15.2 Å². The maximum Gasteiger partial charge on any atom is 0.338 e. The second-order valence-electron chi connectivity index (χ2n) is 6.29. The summed E-state index contributed by atoms with van der Waals surface area (Å²) in [6.45, 7) is 1.39. The average Bonchev–Trinajstić information content (AvgIpc) is 2.70. The molecule has 1 amide bonds. The number of phenolic OH excluding ortho intramolecular Hbond substituents is 1. The first-order valence-corrected chi connectivity index (χ1v) is 9.07. The number of halogens is 2. The van der Waals surface area contributed by atoms with Gasteiger partial charge in [0.05, 0.1) is 11.3 Å². The molecular weight excluding hydrogens is 397 g/mol. The van der Waals surface area contributed by atoms with Crippen molar-refractivity contribution in [2.75, 3.05) is 5.32 Å². The summed E-state index contributed by atoms with van der Waals surface area (Å²) in [6, 6.07) is 17.1. The normalized spacial score (nSPS) is 11.6. The molecule has 7 heteroatoms. The molecule has 0 fully saturated rings. The van der Waals surface area contributed by atoms with E-state index in [0.717, 1.165) is 17.2 Å². The molecule has 2 N–H and O–H groups in total. The van der Waals surface area contributed by atoms with Gasteiger partial charge in [0.1, 0.15) is 11.6 Å². The predicted octanol–water partition coefficient (Wildman–Crippen LogP) is 5.04. The van der Waals surface area contributed by atoms with Crippen molar-refractivity contribution in [3.63, 3.8) is 0 Å². The van der Waals surface area contributed by atoms with Crippen molar-refractivity contribution in [3.05, 3.63) is 83.1 Å². The molecule has 0 saturated heterocycles. The molecule has 3 rings (SSSR count). The Bertz CT molecular complexity index is 1040. The van der Waals surface area contributed by atoms with Crippen LogP contribution < -0.4 is 5.32 Å². The molecule has 148 valence electrons. The summed E-state index contributed by atoms with van der Waals surface area (Å²) in [4.78, 5) is 24.5. The number of hydrogen-bond acceptors (Lipinski definition) is 4. The van der Waals surface area contributed by atoms with E-state index in [0.29, 0.717) is 0 Å². The van der Waals surface area contributed by atoms with Crippen LogP contribution in [-0.2, 0) is 9.53 Å². The van der Waals surface area contributed by atoms with Gasteiger partial charge in [-0.25, -0.2) is 9.18 Å². The lowest BCUT2D eigenvalue weighted by atomic mass is 10.0. The number of rotatable bonds is 5. The SMILES string of the molecule is C[C@H](OC(=O)c1ccc(-c2ccc(O)cc2)cc1)C(=O)Nc1ccc(Cl)cc1F. The van der Waals surface area contributed by atoms with E-state index in [2.05, 4.69) is 5.32 Å². The van der Waals surface area contributed by atoms with Gasteiger partial charge in [0.25, 0.3) is 5.91 Å². The van der Waals surface area contributed by atoms with Gasteiger partial charge in [0.15, 0.2) is 6.10 Å². The monoisotopic (exact) mass is 413 g/mol. The lowest BCUT2D eigenvalue weighted by molar-refractivity contribution is -0.123. The van der Waals surface area contributed by atoms with Gasteiger partial charge in [0.2, 0.25) is 0 Å². The van der Waals surface area contributed by atoms with E-state index in [-0.39, 0.29) is 22.0 Å². The molecule has 0 saturated carbocycles. The highest BCUT2D eigenvalue weighted by atomic mass is 35.5. The number of benzene rings is 3. The Labute approximate surface area is 171 Å². The van der Waals surface area contributed by atoms with E-state index >= 15 is 0 Å². The van der Waals surface area contributed by atoms with E-state index in [1.807, 2.05) is 0 Å². The number of amides is 1. The number of esters is 1. The molecule has 3 aromatic carbocycles. The van der Waals surface area contributed by atoms with Crippen LogP contribution in [0.1, 0.15) is 17.3 Å². The molecule has 0 aromatic heterocycles. The molecular formula is C22H17ClFNO4. The number of aromatic hydroxyl groups is 1. The minimum absolute atomic E-state index is 0.0550. The fraction of sp³-hybridized carbons (Fsp3) is 0.0909. The number of phenols is 1. The molecule has 0 aliphatic rings. The first kappa shape index (κ1) is 20.4. The lowest BCUT2D eigenvalue weighted by Gasteiger charge is -2.14. The molecule has 0 heterocycles. The van der Waals surface area contributed by atoms with Crippen molar-refractivity contribution in [2.45, 2.75) is 13.0 Å². The first-order valence-electron chi connectivity index (χ1n) is 8.70. The summed E-state index contributed by atoms with van der Waals surface area (Å²) in [5.74, 6) is -1.87. The van der Waals surface area contributed by atoms with Crippen LogP contribution in [0.3, 0.4) is 0 Å². The number of nitrogens with one attached hydrogen (secondary N) is 1. The number of anilines is 1. The van der Waals surface area contributed by atoms with Crippen molar-refractivity contribution in [2.24, 2.45) is 0 Å². The second-order valence-corrected chi connectivity index (χ2v) is 6.72.